The van der Waals surface area contributed by atoms with Gasteiger partial charge in [-0.15, -0.1) is 0 Å². The highest BCUT2D eigenvalue weighted by Gasteiger charge is 2.21. The van der Waals surface area contributed by atoms with Gasteiger partial charge in [-0.25, -0.2) is 13.0 Å². The Kier molecular flexibility index (Phi) is 7.01. The summed E-state index contributed by atoms with van der Waals surface area (Å²) in [7, 11) is -4.53. The van der Waals surface area contributed by atoms with Crippen LogP contribution < -0.4 is 14.8 Å². The summed E-state index contributed by atoms with van der Waals surface area (Å²) in [6.45, 7) is 13.9. The van der Waals surface area contributed by atoms with Gasteiger partial charge in [0.1, 0.15) is 34.6 Å². The smallest absolute Gasteiger partial charge is 0.203 e. The predicted molar refractivity (Wildman–Crippen MR) is 141 cm³/mol. The van der Waals surface area contributed by atoms with E-state index in [9.17, 15) is 13.0 Å². The van der Waals surface area contributed by atoms with Crippen LogP contribution in [-0.2, 0) is 10.1 Å². The van der Waals surface area contributed by atoms with E-state index < -0.39 is 10.1 Å². The van der Waals surface area contributed by atoms with Gasteiger partial charge in [0, 0.05) is 47.4 Å². The molecule has 1 aliphatic carbocycles. The molecule has 7 heteroatoms. The summed E-state index contributed by atoms with van der Waals surface area (Å²) in [4.78, 5) is 2.05. The van der Waals surface area contributed by atoms with Crippen LogP contribution in [0.25, 0.3) is 33.4 Å². The number of aryl methyl sites for hydroxylation is 1. The lowest BCUT2D eigenvalue weighted by molar-refractivity contribution is 0.463. The number of rotatable bonds is 7. The molecule has 2 aliphatic rings. The molecule has 35 heavy (non-hydrogen) atoms. The van der Waals surface area contributed by atoms with Gasteiger partial charge in [-0.3, -0.25) is 0 Å². The number of nitrogens with zero attached hydrogens (tertiary/aromatic N) is 2. The second-order valence-electron chi connectivity index (χ2n) is 8.61. The third-order valence-corrected chi connectivity index (χ3v) is 7.53. The molecule has 1 aliphatic heterocycles. The second-order valence-corrected chi connectivity index (χ2v) is 9.99. The Hall–Kier alpha value is -3.16. The highest BCUT2D eigenvalue weighted by atomic mass is 32.2. The van der Waals surface area contributed by atoms with Crippen molar-refractivity contribution in [3.63, 3.8) is 0 Å². The summed E-state index contributed by atoms with van der Waals surface area (Å²) in [5, 5.41) is 2.02. The molecule has 0 atom stereocenters. The van der Waals surface area contributed by atoms with Gasteiger partial charge in [0.2, 0.25) is 5.36 Å². The van der Waals surface area contributed by atoms with Gasteiger partial charge in [-0.2, -0.15) is 0 Å². The molecule has 1 heterocycles. The first kappa shape index (κ1) is 24.9. The number of fused-ring (bicyclic) bond motifs is 2. The largest absolute Gasteiger partial charge is 0.744 e. The zero-order valence-electron chi connectivity index (χ0n) is 21.0. The van der Waals surface area contributed by atoms with Crippen LogP contribution in [0.3, 0.4) is 0 Å². The molecule has 6 nitrogen and oxygen atoms in total. The van der Waals surface area contributed by atoms with Gasteiger partial charge in [-0.1, -0.05) is 6.07 Å². The zero-order chi connectivity index (χ0) is 25.3. The van der Waals surface area contributed by atoms with Crippen LogP contribution >= 0.6 is 0 Å². The first-order valence-corrected chi connectivity index (χ1v) is 13.5. The molecule has 0 radical (unpaired) electrons. The molecule has 2 aromatic carbocycles. The van der Waals surface area contributed by atoms with Crippen LogP contribution in [0.5, 0.6) is 0 Å². The summed E-state index contributed by atoms with van der Waals surface area (Å²) < 4.78 is 43.5. The summed E-state index contributed by atoms with van der Waals surface area (Å²) in [5.74, 6) is 0.758. The molecular weight excluding hydrogens is 460 g/mol. The van der Waals surface area contributed by atoms with E-state index in [1.165, 1.54) is 12.1 Å². The summed E-state index contributed by atoms with van der Waals surface area (Å²) >= 11 is 0. The molecule has 0 unspecified atom stereocenters. The molecule has 2 aromatic rings. The molecular formula is C28H32N2O4S. The van der Waals surface area contributed by atoms with E-state index in [4.69, 9.17) is 4.42 Å². The van der Waals surface area contributed by atoms with E-state index in [0.717, 1.165) is 76.2 Å². The quantitative estimate of drug-likeness (QED) is 0.204. The van der Waals surface area contributed by atoms with Crippen LogP contribution in [0, 0.1) is 6.92 Å². The Morgan fingerprint density at radius 3 is 2.17 bits per heavy atom. The Labute approximate surface area is 207 Å². The average molecular weight is 493 g/mol. The molecule has 0 fully saturated rings. The SMILES string of the molecule is CCN(CC)c1ccc2c(-c3ccc(S(=O)(=O)[O-])cc3C)c3ccc(=[N+](CC)CC)cc-3oc2c1. The fraction of sp³-hybridized carbons (Fsp3) is 0.321. The minimum atomic E-state index is -4.53. The predicted octanol–water partition coefficient (Wildman–Crippen LogP) is 5.08. The van der Waals surface area contributed by atoms with Crippen LogP contribution in [0.2, 0.25) is 0 Å². The lowest BCUT2D eigenvalue weighted by atomic mass is 9.91. The molecule has 184 valence electrons. The second kappa shape index (κ2) is 9.84. The fourth-order valence-corrected chi connectivity index (χ4v) is 5.36. The molecule has 4 rings (SSSR count). The van der Waals surface area contributed by atoms with Crippen molar-refractivity contribution in [1.82, 2.24) is 4.58 Å². The third kappa shape index (κ3) is 4.70. The van der Waals surface area contributed by atoms with Crippen molar-refractivity contribution in [2.24, 2.45) is 0 Å². The van der Waals surface area contributed by atoms with Gasteiger partial charge < -0.3 is 13.9 Å². The number of hydrogen-bond donors (Lipinski definition) is 0. The summed E-state index contributed by atoms with van der Waals surface area (Å²) in [5.41, 5.74) is 5.33. The lowest BCUT2D eigenvalue weighted by Crippen LogP contribution is -2.29. The van der Waals surface area contributed by atoms with E-state index in [0.29, 0.717) is 0 Å². The Bertz CT molecular complexity index is 1530. The highest BCUT2D eigenvalue weighted by Crippen LogP contribution is 2.42. The number of anilines is 1. The minimum absolute atomic E-state index is 0.222. The van der Waals surface area contributed by atoms with Gasteiger partial charge in [0.25, 0.3) is 0 Å². The van der Waals surface area contributed by atoms with Gasteiger partial charge in [-0.05, 0) is 76.1 Å². The van der Waals surface area contributed by atoms with Crippen molar-refractivity contribution in [3.05, 3.63) is 65.5 Å². The van der Waals surface area contributed by atoms with Crippen molar-refractivity contribution in [2.45, 2.75) is 39.5 Å². The topological polar surface area (TPSA) is 76.6 Å². The van der Waals surface area contributed by atoms with Crippen molar-refractivity contribution >= 4 is 26.8 Å². The van der Waals surface area contributed by atoms with E-state index in [1.54, 1.807) is 6.07 Å². The first-order chi connectivity index (χ1) is 16.7. The summed E-state index contributed by atoms with van der Waals surface area (Å²) in [6.07, 6.45) is 0. The first-order valence-electron chi connectivity index (χ1n) is 12.1. The Morgan fingerprint density at radius 2 is 1.57 bits per heavy atom. The number of benzene rings is 3. The zero-order valence-corrected chi connectivity index (χ0v) is 21.8. The Balaban J connectivity index is 2.10. The lowest BCUT2D eigenvalue weighted by Gasteiger charge is -2.22. The van der Waals surface area contributed by atoms with Crippen molar-refractivity contribution in [2.75, 3.05) is 31.1 Å². The molecule has 0 N–H and O–H groups in total. The molecule has 0 saturated heterocycles. The van der Waals surface area contributed by atoms with E-state index in [1.807, 2.05) is 6.92 Å². The van der Waals surface area contributed by atoms with Crippen LogP contribution in [0.15, 0.2) is 63.9 Å². The van der Waals surface area contributed by atoms with Gasteiger partial charge >= 0.3 is 0 Å². The van der Waals surface area contributed by atoms with E-state index in [-0.39, 0.29) is 4.90 Å². The van der Waals surface area contributed by atoms with Crippen LogP contribution in [0.1, 0.15) is 33.3 Å². The van der Waals surface area contributed by atoms with E-state index in [2.05, 4.69) is 73.6 Å². The van der Waals surface area contributed by atoms with Crippen molar-refractivity contribution < 1.29 is 17.4 Å². The molecule has 0 bridgehead atoms. The normalized spacial score (nSPS) is 11.8. The molecule has 0 saturated carbocycles. The highest BCUT2D eigenvalue weighted by molar-refractivity contribution is 7.85. The average Bonchev–Trinajstić information content (AvgIpc) is 2.83. The van der Waals surface area contributed by atoms with Crippen LogP contribution in [-0.4, -0.2) is 39.1 Å². The molecule has 0 spiro atoms. The standard InChI is InChI=1S/C28H32N2O4S/c1-6-29(7-2)20-10-13-24-26(17-20)34-27-18-21(30(8-3)9-4)11-14-25(27)28(24)23-15-12-22(16-19(23)5)35(31,32)33/h10-18H,6-9H2,1-5H3. The maximum Gasteiger partial charge on any atom is 0.203 e. The van der Waals surface area contributed by atoms with Gasteiger partial charge in [0.05, 0.1) is 11.0 Å². The fourth-order valence-electron chi connectivity index (χ4n) is 4.80. The monoisotopic (exact) mass is 492 g/mol. The van der Waals surface area contributed by atoms with Gasteiger partial charge in [0.15, 0.2) is 0 Å². The molecule has 0 amide bonds. The third-order valence-electron chi connectivity index (χ3n) is 6.70. The molecule has 0 aromatic heterocycles. The van der Waals surface area contributed by atoms with Crippen molar-refractivity contribution in [1.29, 1.82) is 0 Å². The maximum absolute atomic E-state index is 11.6. The minimum Gasteiger partial charge on any atom is -0.744 e. The summed E-state index contributed by atoms with van der Waals surface area (Å²) in [6, 6.07) is 17.0. The Morgan fingerprint density at radius 1 is 0.886 bits per heavy atom. The van der Waals surface area contributed by atoms with E-state index >= 15 is 0 Å². The maximum atomic E-state index is 11.6. The van der Waals surface area contributed by atoms with Crippen LogP contribution in [0.4, 0.5) is 5.69 Å². The van der Waals surface area contributed by atoms with Crippen molar-refractivity contribution in [3.8, 4) is 22.5 Å². The number of hydrogen-bond acceptors (Lipinski definition) is 5.